The van der Waals surface area contributed by atoms with Crippen LogP contribution in [0.1, 0.15) is 5.56 Å². The van der Waals surface area contributed by atoms with Gasteiger partial charge in [-0.3, -0.25) is 4.79 Å². The number of carbonyl (C=O) groups is 1. The molecule has 0 spiro atoms. The third-order valence-corrected chi connectivity index (χ3v) is 4.41. The van der Waals surface area contributed by atoms with Crippen molar-refractivity contribution >= 4 is 17.8 Å². The number of anilines is 1. The first-order valence-corrected chi connectivity index (χ1v) is 8.83. The van der Waals surface area contributed by atoms with Crippen molar-refractivity contribution in [3.8, 4) is 11.5 Å². The lowest BCUT2D eigenvalue weighted by Crippen LogP contribution is -2.48. The summed E-state index contributed by atoms with van der Waals surface area (Å²) in [5, 5.41) is 0. The molecule has 0 N–H and O–H groups in total. The zero-order chi connectivity index (χ0) is 19.9. The number of carbonyl (C=O) groups excluding carboxylic acids is 1. The molecule has 0 saturated carbocycles. The normalized spacial score (nSPS) is 14.6. The maximum Gasteiger partial charge on any atom is 0.387 e. The molecular formula is C20H21F2N3O3. The minimum Gasteiger partial charge on any atom is -0.493 e. The molecule has 1 amide bonds. The van der Waals surface area contributed by atoms with Crippen LogP contribution < -0.4 is 14.4 Å². The average Bonchev–Trinajstić information content (AvgIpc) is 2.73. The van der Waals surface area contributed by atoms with Crippen molar-refractivity contribution < 1.29 is 23.0 Å². The molecule has 0 bridgehead atoms. The Labute approximate surface area is 162 Å². The van der Waals surface area contributed by atoms with E-state index in [1.165, 1.54) is 25.3 Å². The Hall–Kier alpha value is -3.16. The van der Waals surface area contributed by atoms with Crippen molar-refractivity contribution in [2.45, 2.75) is 6.61 Å². The van der Waals surface area contributed by atoms with Gasteiger partial charge in [0.2, 0.25) is 5.91 Å². The monoisotopic (exact) mass is 389 g/mol. The number of hydrogen-bond donors (Lipinski definition) is 0. The van der Waals surface area contributed by atoms with Crippen LogP contribution >= 0.6 is 0 Å². The Morgan fingerprint density at radius 2 is 1.93 bits per heavy atom. The summed E-state index contributed by atoms with van der Waals surface area (Å²) in [5.41, 5.74) is 0.347. The number of aromatic nitrogens is 1. The number of piperazine rings is 1. The van der Waals surface area contributed by atoms with E-state index < -0.39 is 6.61 Å². The predicted octanol–water partition coefficient (Wildman–Crippen LogP) is 3.05. The Morgan fingerprint density at radius 1 is 1.14 bits per heavy atom. The maximum absolute atomic E-state index is 12.7. The van der Waals surface area contributed by atoms with Gasteiger partial charge in [-0.2, -0.15) is 8.78 Å². The molecule has 3 rings (SSSR count). The second-order valence-electron chi connectivity index (χ2n) is 6.09. The summed E-state index contributed by atoms with van der Waals surface area (Å²) in [6, 6.07) is 10.5. The Kier molecular flexibility index (Phi) is 6.41. The third kappa shape index (κ3) is 4.76. The van der Waals surface area contributed by atoms with Crippen LogP contribution in [0, 0.1) is 0 Å². The van der Waals surface area contributed by atoms with Crippen molar-refractivity contribution in [2.24, 2.45) is 0 Å². The minimum absolute atomic E-state index is 0.0935. The zero-order valence-corrected chi connectivity index (χ0v) is 15.4. The van der Waals surface area contributed by atoms with Crippen LogP contribution in [0.5, 0.6) is 11.5 Å². The summed E-state index contributed by atoms with van der Waals surface area (Å²) in [4.78, 5) is 20.6. The Balaban J connectivity index is 1.65. The summed E-state index contributed by atoms with van der Waals surface area (Å²) in [6.45, 7) is -0.527. The van der Waals surface area contributed by atoms with E-state index in [1.54, 1.807) is 23.2 Å². The fraction of sp³-hybridized carbons (Fsp3) is 0.300. The molecular weight excluding hydrogens is 368 g/mol. The first kappa shape index (κ1) is 19.6. The number of alkyl halides is 2. The van der Waals surface area contributed by atoms with Gasteiger partial charge in [-0.25, -0.2) is 4.98 Å². The summed E-state index contributed by atoms with van der Waals surface area (Å²) in [5.74, 6) is 0.782. The summed E-state index contributed by atoms with van der Waals surface area (Å²) in [7, 11) is 1.37. The molecule has 0 atom stereocenters. The molecule has 6 nitrogen and oxygen atoms in total. The molecule has 0 unspecified atom stereocenters. The van der Waals surface area contributed by atoms with Crippen LogP contribution in [-0.4, -0.2) is 55.7 Å². The Bertz CT molecular complexity index is 823. The van der Waals surface area contributed by atoms with E-state index in [2.05, 4.69) is 14.6 Å². The van der Waals surface area contributed by atoms with E-state index in [-0.39, 0.29) is 17.4 Å². The fourth-order valence-electron chi connectivity index (χ4n) is 3.00. The first-order chi connectivity index (χ1) is 13.6. The number of pyridine rings is 1. The van der Waals surface area contributed by atoms with Gasteiger partial charge in [0, 0.05) is 44.0 Å². The van der Waals surface area contributed by atoms with Crippen molar-refractivity contribution in [3.05, 3.63) is 54.2 Å². The predicted molar refractivity (Wildman–Crippen MR) is 102 cm³/mol. The number of ether oxygens (including phenoxy) is 2. The summed E-state index contributed by atoms with van der Waals surface area (Å²) < 4.78 is 35.0. The minimum atomic E-state index is -2.99. The molecule has 2 heterocycles. The smallest absolute Gasteiger partial charge is 0.387 e. The highest BCUT2D eigenvalue weighted by atomic mass is 19.3. The molecule has 1 aliphatic rings. The highest BCUT2D eigenvalue weighted by Crippen LogP contribution is 2.33. The molecule has 28 heavy (non-hydrogen) atoms. The zero-order valence-electron chi connectivity index (χ0n) is 15.4. The second-order valence-corrected chi connectivity index (χ2v) is 6.09. The van der Waals surface area contributed by atoms with Gasteiger partial charge in [0.15, 0.2) is 11.5 Å². The molecule has 1 aromatic heterocycles. The van der Waals surface area contributed by atoms with Gasteiger partial charge in [0.05, 0.1) is 7.11 Å². The lowest BCUT2D eigenvalue weighted by molar-refractivity contribution is -0.126. The van der Waals surface area contributed by atoms with Crippen LogP contribution in [0.3, 0.4) is 0 Å². The highest BCUT2D eigenvalue weighted by Gasteiger charge is 2.20. The van der Waals surface area contributed by atoms with Gasteiger partial charge in [0.25, 0.3) is 0 Å². The van der Waals surface area contributed by atoms with E-state index in [4.69, 9.17) is 4.74 Å². The molecule has 148 valence electrons. The number of halogens is 2. The molecule has 0 radical (unpaired) electrons. The van der Waals surface area contributed by atoms with Crippen LogP contribution in [0.4, 0.5) is 14.6 Å². The number of rotatable bonds is 6. The van der Waals surface area contributed by atoms with Gasteiger partial charge in [0.1, 0.15) is 5.82 Å². The number of benzene rings is 1. The first-order valence-electron chi connectivity index (χ1n) is 8.83. The van der Waals surface area contributed by atoms with Crippen molar-refractivity contribution in [1.82, 2.24) is 9.88 Å². The fourth-order valence-corrected chi connectivity index (χ4v) is 3.00. The maximum atomic E-state index is 12.7. The average molecular weight is 389 g/mol. The molecule has 1 saturated heterocycles. The van der Waals surface area contributed by atoms with E-state index in [0.29, 0.717) is 31.7 Å². The quantitative estimate of drug-likeness (QED) is 0.711. The lowest BCUT2D eigenvalue weighted by atomic mass is 10.1. The van der Waals surface area contributed by atoms with E-state index in [1.807, 2.05) is 18.2 Å². The van der Waals surface area contributed by atoms with Crippen molar-refractivity contribution in [1.29, 1.82) is 0 Å². The van der Waals surface area contributed by atoms with Gasteiger partial charge < -0.3 is 19.3 Å². The molecule has 2 aromatic rings. The molecule has 0 aliphatic carbocycles. The van der Waals surface area contributed by atoms with Crippen molar-refractivity contribution in [2.75, 3.05) is 38.2 Å². The lowest BCUT2D eigenvalue weighted by Gasteiger charge is -2.34. The topological polar surface area (TPSA) is 54.9 Å². The van der Waals surface area contributed by atoms with Gasteiger partial charge in [-0.05, 0) is 24.3 Å². The molecule has 1 fully saturated rings. The van der Waals surface area contributed by atoms with Gasteiger partial charge >= 0.3 is 6.61 Å². The largest absolute Gasteiger partial charge is 0.493 e. The highest BCUT2D eigenvalue weighted by molar-refractivity contribution is 5.92. The molecule has 1 aromatic carbocycles. The summed E-state index contributed by atoms with van der Waals surface area (Å²) in [6.07, 6.45) is 4.57. The number of nitrogens with zero attached hydrogens (tertiary/aromatic N) is 3. The SMILES string of the molecule is COc1cccc(/C=C/C(=O)N2CCN(c3ccccn3)CC2)c1OC(F)F. The summed E-state index contributed by atoms with van der Waals surface area (Å²) >= 11 is 0. The third-order valence-electron chi connectivity index (χ3n) is 4.41. The standard InChI is InChI=1S/C20H21F2N3O3/c1-27-16-6-4-5-15(19(16)28-20(21)22)8-9-18(26)25-13-11-24(12-14-25)17-7-2-3-10-23-17/h2-10,20H,11-14H2,1H3/b9-8+. The van der Waals surface area contributed by atoms with Crippen molar-refractivity contribution in [3.63, 3.8) is 0 Å². The Morgan fingerprint density at radius 3 is 2.57 bits per heavy atom. The van der Waals surface area contributed by atoms with Gasteiger partial charge in [-0.1, -0.05) is 18.2 Å². The van der Waals surface area contributed by atoms with Crippen LogP contribution in [0.2, 0.25) is 0 Å². The molecule has 8 heteroatoms. The second kappa shape index (κ2) is 9.16. The molecule has 1 aliphatic heterocycles. The van der Waals surface area contributed by atoms with Crippen LogP contribution in [0.25, 0.3) is 6.08 Å². The van der Waals surface area contributed by atoms with E-state index >= 15 is 0 Å². The van der Waals surface area contributed by atoms with Crippen LogP contribution in [0.15, 0.2) is 48.7 Å². The number of methoxy groups -OCH3 is 1. The number of para-hydroxylation sites is 1. The van der Waals surface area contributed by atoms with Gasteiger partial charge in [-0.15, -0.1) is 0 Å². The number of amides is 1. The van der Waals surface area contributed by atoms with Crippen LogP contribution in [-0.2, 0) is 4.79 Å². The number of hydrogen-bond acceptors (Lipinski definition) is 5. The van der Waals surface area contributed by atoms with E-state index in [9.17, 15) is 13.6 Å². The van der Waals surface area contributed by atoms with E-state index in [0.717, 1.165) is 5.82 Å².